The van der Waals surface area contributed by atoms with Gasteiger partial charge in [0, 0.05) is 27.2 Å². The quantitative estimate of drug-likeness (QED) is 0.532. The first kappa shape index (κ1) is 10.9. The summed E-state index contributed by atoms with van der Waals surface area (Å²) in [4.78, 5) is 24.2. The molecule has 1 fully saturated rings. The van der Waals surface area contributed by atoms with Crippen LogP contribution in [-0.2, 0) is 0 Å². The van der Waals surface area contributed by atoms with Crippen molar-refractivity contribution in [3.63, 3.8) is 0 Å². The molecule has 0 atom stereocenters. The molecule has 0 aromatic heterocycles. The lowest BCUT2D eigenvalue weighted by atomic mass is 10.3. The van der Waals surface area contributed by atoms with Crippen LogP contribution in [0.25, 0.3) is 0 Å². The minimum atomic E-state index is -1.06. The molecule has 0 aromatic carbocycles. The highest BCUT2D eigenvalue weighted by Crippen LogP contribution is 2.13. The number of quaternary nitrogens is 1. The van der Waals surface area contributed by atoms with Crippen LogP contribution >= 0.6 is 0 Å². The number of urea groups is 1. The molecule has 1 saturated heterocycles. The van der Waals surface area contributed by atoms with Gasteiger partial charge in [-0.25, -0.2) is 4.79 Å². The third kappa shape index (κ3) is 1.71. The number of carboxylic acid groups (broad SMARTS) is 1. The van der Waals surface area contributed by atoms with E-state index in [1.165, 1.54) is 4.90 Å². The molecule has 14 heavy (non-hydrogen) atoms. The lowest BCUT2D eigenvalue weighted by molar-refractivity contribution is -0.782. The maximum Gasteiger partial charge on any atom is 0.522 e. The van der Waals surface area contributed by atoms with Gasteiger partial charge in [0.15, 0.2) is 0 Å². The summed E-state index contributed by atoms with van der Waals surface area (Å²) in [6.07, 6.45) is -1.06. The predicted molar refractivity (Wildman–Crippen MR) is 50.0 cm³/mol. The lowest BCUT2D eigenvalue weighted by Gasteiger charge is -2.34. The fourth-order valence-electron chi connectivity index (χ4n) is 1.62. The summed E-state index contributed by atoms with van der Waals surface area (Å²) in [7, 11) is 3.15. The van der Waals surface area contributed by atoms with Crippen molar-refractivity contribution in [1.29, 1.82) is 0 Å². The van der Waals surface area contributed by atoms with E-state index in [-0.39, 0.29) is 6.03 Å². The number of rotatable bonds is 0. The van der Waals surface area contributed by atoms with Crippen LogP contribution in [0.3, 0.4) is 0 Å². The van der Waals surface area contributed by atoms with Gasteiger partial charge >= 0.3 is 12.1 Å². The molecule has 0 spiro atoms. The zero-order valence-electron chi connectivity index (χ0n) is 8.49. The third-order valence-corrected chi connectivity index (χ3v) is 2.46. The summed E-state index contributed by atoms with van der Waals surface area (Å²) in [5, 5.41) is 12.1. The first-order valence-corrected chi connectivity index (χ1v) is 4.54. The molecule has 3 amide bonds. The van der Waals surface area contributed by atoms with E-state index in [0.717, 1.165) is 0 Å². The number of nitrogens with one attached hydrogen (secondary N) is 1. The van der Waals surface area contributed by atoms with Crippen molar-refractivity contribution in [2.24, 2.45) is 0 Å². The van der Waals surface area contributed by atoms with E-state index in [9.17, 15) is 9.59 Å². The van der Waals surface area contributed by atoms with Gasteiger partial charge in [0.25, 0.3) is 0 Å². The Morgan fingerprint density at radius 2 is 1.79 bits per heavy atom. The number of carbonyl (C=O) groups is 2. The molecule has 1 rings (SSSR count). The number of hydrogen-bond acceptors (Lipinski definition) is 3. The van der Waals surface area contributed by atoms with Gasteiger partial charge in [-0.15, -0.1) is 4.48 Å². The van der Waals surface area contributed by atoms with E-state index in [1.54, 1.807) is 14.1 Å². The molecule has 0 aliphatic carbocycles. The van der Waals surface area contributed by atoms with Crippen LogP contribution < -0.4 is 5.32 Å². The summed E-state index contributed by atoms with van der Waals surface area (Å²) in [6.45, 7) is 1.75. The lowest BCUT2D eigenvalue weighted by Crippen LogP contribution is -2.66. The van der Waals surface area contributed by atoms with E-state index in [0.29, 0.717) is 26.2 Å². The Labute approximate surface area is 82.7 Å². The Morgan fingerprint density at radius 1 is 1.29 bits per heavy atom. The molecule has 0 bridgehead atoms. The van der Waals surface area contributed by atoms with E-state index in [2.05, 4.69) is 5.32 Å². The molecule has 1 heterocycles. The van der Waals surface area contributed by atoms with Gasteiger partial charge in [0.2, 0.25) is 0 Å². The summed E-state index contributed by atoms with van der Waals surface area (Å²) in [5.74, 6) is 0. The maximum atomic E-state index is 11.8. The average molecular weight is 202 g/mol. The summed E-state index contributed by atoms with van der Waals surface area (Å²) >= 11 is 0. The normalized spacial score (nSPS) is 20.1. The molecular weight excluding hydrogens is 186 g/mol. The fraction of sp³-hybridized carbons (Fsp3) is 0.750. The van der Waals surface area contributed by atoms with Crippen LogP contribution in [0.5, 0.6) is 0 Å². The SMILES string of the molecule is CN(C)C(=O)[N+]1(C(=O)O)CCNCC1. The molecule has 0 radical (unpaired) electrons. The highest BCUT2D eigenvalue weighted by atomic mass is 16.4. The second-order valence-corrected chi connectivity index (χ2v) is 3.62. The number of hydrogen-bond donors (Lipinski definition) is 2. The number of piperazine rings is 1. The maximum absolute atomic E-state index is 11.8. The van der Waals surface area contributed by atoms with E-state index in [4.69, 9.17) is 5.11 Å². The van der Waals surface area contributed by atoms with Gasteiger partial charge in [-0.3, -0.25) is 4.90 Å². The molecule has 6 heteroatoms. The fourth-order valence-corrected chi connectivity index (χ4v) is 1.62. The highest BCUT2D eigenvalue weighted by molar-refractivity contribution is 5.78. The van der Waals surface area contributed by atoms with Crippen LogP contribution in [0.4, 0.5) is 9.59 Å². The van der Waals surface area contributed by atoms with Crippen molar-refractivity contribution in [2.45, 2.75) is 0 Å². The van der Waals surface area contributed by atoms with Crippen molar-refractivity contribution in [1.82, 2.24) is 10.2 Å². The van der Waals surface area contributed by atoms with Gasteiger partial charge < -0.3 is 10.4 Å². The Bertz CT molecular complexity index is 246. The average Bonchev–Trinajstić information content (AvgIpc) is 2.17. The monoisotopic (exact) mass is 202 g/mol. The first-order chi connectivity index (χ1) is 6.50. The van der Waals surface area contributed by atoms with Crippen molar-refractivity contribution in [3.05, 3.63) is 0 Å². The van der Waals surface area contributed by atoms with E-state index in [1.807, 2.05) is 0 Å². The van der Waals surface area contributed by atoms with Crippen LogP contribution in [-0.4, -0.2) is 66.9 Å². The zero-order chi connectivity index (χ0) is 10.8. The van der Waals surface area contributed by atoms with Crippen molar-refractivity contribution >= 4 is 12.1 Å². The van der Waals surface area contributed by atoms with Gasteiger partial charge in [-0.05, 0) is 0 Å². The molecular formula is C8H16N3O3+. The first-order valence-electron chi connectivity index (χ1n) is 4.54. The number of imide groups is 1. The largest absolute Gasteiger partial charge is 0.522 e. The number of nitrogens with zero attached hydrogens (tertiary/aromatic N) is 2. The molecule has 1 aliphatic rings. The number of carbonyl (C=O) groups excluding carboxylic acids is 1. The van der Waals surface area contributed by atoms with Gasteiger partial charge in [0.05, 0.1) is 0 Å². The molecule has 80 valence electrons. The molecule has 0 saturated carbocycles. The van der Waals surface area contributed by atoms with Crippen molar-refractivity contribution < 1.29 is 19.2 Å². The van der Waals surface area contributed by atoms with E-state index < -0.39 is 10.6 Å². The Kier molecular flexibility index (Phi) is 3.07. The van der Waals surface area contributed by atoms with Gasteiger partial charge in [-0.2, -0.15) is 4.79 Å². The topological polar surface area (TPSA) is 69.6 Å². The van der Waals surface area contributed by atoms with Gasteiger partial charge in [-0.1, -0.05) is 0 Å². The van der Waals surface area contributed by atoms with Crippen LogP contribution in [0.1, 0.15) is 0 Å². The molecule has 0 aromatic rings. The number of amides is 3. The minimum absolute atomic E-state index is 0.312. The zero-order valence-corrected chi connectivity index (χ0v) is 8.49. The minimum Gasteiger partial charge on any atom is -0.435 e. The van der Waals surface area contributed by atoms with Crippen molar-refractivity contribution in [3.8, 4) is 0 Å². The van der Waals surface area contributed by atoms with Crippen LogP contribution in [0.2, 0.25) is 0 Å². The third-order valence-electron chi connectivity index (χ3n) is 2.46. The summed E-state index contributed by atoms with van der Waals surface area (Å²) in [5.41, 5.74) is 0. The standard InChI is InChI=1S/C8H15N3O3/c1-10(2)7(12)11(8(13)14)5-3-9-4-6-11/h9H,3-6H2,1-2H3/p+1. The molecule has 1 aliphatic heterocycles. The predicted octanol–water partition coefficient (Wildman–Crippen LogP) is -0.234. The molecule has 2 N–H and O–H groups in total. The van der Waals surface area contributed by atoms with E-state index >= 15 is 0 Å². The second kappa shape index (κ2) is 3.93. The molecule has 6 nitrogen and oxygen atoms in total. The Hall–Kier alpha value is -1.14. The smallest absolute Gasteiger partial charge is 0.435 e. The van der Waals surface area contributed by atoms with Gasteiger partial charge in [0.1, 0.15) is 13.1 Å². The van der Waals surface area contributed by atoms with Crippen LogP contribution in [0.15, 0.2) is 0 Å². The highest BCUT2D eigenvalue weighted by Gasteiger charge is 2.47. The second-order valence-electron chi connectivity index (χ2n) is 3.62. The molecule has 0 unspecified atom stereocenters. The summed E-state index contributed by atoms with van der Waals surface area (Å²) in [6, 6.07) is -0.362. The summed E-state index contributed by atoms with van der Waals surface area (Å²) < 4.78 is -0.486. The Balaban J connectivity index is 2.91. The Morgan fingerprint density at radius 3 is 2.14 bits per heavy atom. The van der Waals surface area contributed by atoms with Crippen molar-refractivity contribution in [2.75, 3.05) is 40.3 Å². The van der Waals surface area contributed by atoms with Crippen LogP contribution in [0, 0.1) is 0 Å².